The third kappa shape index (κ3) is 2.66. The van der Waals surface area contributed by atoms with E-state index in [-0.39, 0.29) is 5.91 Å². The van der Waals surface area contributed by atoms with Crippen molar-refractivity contribution in [1.82, 2.24) is 9.88 Å². The molecule has 0 aliphatic heterocycles. The second-order valence-electron chi connectivity index (χ2n) is 5.24. The standard InChI is InChI=1S/C19H18N2O/c1-20-19(22)13-17(14-6-4-3-5-7-14)16-9-8-15-10-11-21(2)18(15)12-16/h3-13H,1-2H3,(H,20,22)/b17-13+. The lowest BCUT2D eigenvalue weighted by Gasteiger charge is -2.09. The fraction of sp³-hybridized carbons (Fsp3) is 0.105. The second kappa shape index (κ2) is 5.90. The van der Waals surface area contributed by atoms with Crippen LogP contribution in [0.1, 0.15) is 11.1 Å². The average Bonchev–Trinajstić information content (AvgIpc) is 2.94. The van der Waals surface area contributed by atoms with Crippen molar-refractivity contribution in [3.8, 4) is 0 Å². The van der Waals surface area contributed by atoms with Gasteiger partial charge in [-0.3, -0.25) is 4.79 Å². The summed E-state index contributed by atoms with van der Waals surface area (Å²) in [4.78, 5) is 11.9. The Hall–Kier alpha value is -2.81. The highest BCUT2D eigenvalue weighted by Gasteiger charge is 2.09. The number of rotatable bonds is 3. The third-order valence-electron chi connectivity index (χ3n) is 3.81. The van der Waals surface area contributed by atoms with E-state index in [9.17, 15) is 4.79 Å². The van der Waals surface area contributed by atoms with Crippen molar-refractivity contribution >= 4 is 22.4 Å². The van der Waals surface area contributed by atoms with Gasteiger partial charge in [-0.15, -0.1) is 0 Å². The predicted octanol–water partition coefficient (Wildman–Crippen LogP) is 3.36. The molecule has 0 unspecified atom stereocenters. The lowest BCUT2D eigenvalue weighted by Crippen LogP contribution is -2.15. The van der Waals surface area contributed by atoms with E-state index in [0.29, 0.717) is 0 Å². The van der Waals surface area contributed by atoms with Crippen molar-refractivity contribution < 1.29 is 4.79 Å². The first kappa shape index (κ1) is 14.1. The van der Waals surface area contributed by atoms with Crippen LogP contribution in [0.15, 0.2) is 66.9 Å². The van der Waals surface area contributed by atoms with Gasteiger partial charge in [-0.25, -0.2) is 0 Å². The molecule has 1 amide bonds. The predicted molar refractivity (Wildman–Crippen MR) is 90.5 cm³/mol. The van der Waals surface area contributed by atoms with E-state index in [2.05, 4.69) is 34.1 Å². The highest BCUT2D eigenvalue weighted by molar-refractivity contribution is 6.00. The van der Waals surface area contributed by atoms with Gasteiger partial charge in [-0.05, 0) is 34.2 Å². The Morgan fingerprint density at radius 2 is 1.82 bits per heavy atom. The minimum atomic E-state index is -0.106. The number of nitrogens with one attached hydrogen (secondary N) is 1. The van der Waals surface area contributed by atoms with Gasteiger partial charge in [0.2, 0.25) is 5.91 Å². The molecule has 110 valence electrons. The Labute approximate surface area is 129 Å². The molecule has 0 saturated carbocycles. The first-order valence-corrected chi connectivity index (χ1v) is 7.23. The molecule has 0 saturated heterocycles. The summed E-state index contributed by atoms with van der Waals surface area (Å²) >= 11 is 0. The number of fused-ring (bicyclic) bond motifs is 1. The molecule has 0 aliphatic rings. The van der Waals surface area contributed by atoms with Crippen molar-refractivity contribution in [3.05, 3.63) is 78.0 Å². The number of amides is 1. The van der Waals surface area contributed by atoms with E-state index >= 15 is 0 Å². The van der Waals surface area contributed by atoms with E-state index in [0.717, 1.165) is 22.2 Å². The van der Waals surface area contributed by atoms with Gasteiger partial charge in [0.05, 0.1) is 0 Å². The molecule has 1 N–H and O–H groups in total. The molecule has 1 aromatic heterocycles. The van der Waals surface area contributed by atoms with Gasteiger partial charge in [-0.2, -0.15) is 0 Å². The summed E-state index contributed by atoms with van der Waals surface area (Å²) < 4.78 is 2.08. The van der Waals surface area contributed by atoms with Gasteiger partial charge in [-0.1, -0.05) is 42.5 Å². The fourth-order valence-corrected chi connectivity index (χ4v) is 2.58. The van der Waals surface area contributed by atoms with Crippen LogP contribution in [0.3, 0.4) is 0 Å². The SMILES string of the molecule is CNC(=O)/C=C(\c1ccccc1)c1ccc2ccn(C)c2c1. The van der Waals surface area contributed by atoms with Crippen LogP contribution in [0.5, 0.6) is 0 Å². The number of carbonyl (C=O) groups is 1. The van der Waals surface area contributed by atoms with Crippen molar-refractivity contribution in [3.63, 3.8) is 0 Å². The summed E-state index contributed by atoms with van der Waals surface area (Å²) in [7, 11) is 3.67. The number of nitrogens with zero attached hydrogens (tertiary/aromatic N) is 1. The summed E-state index contributed by atoms with van der Waals surface area (Å²) in [5.74, 6) is -0.106. The molecule has 0 atom stereocenters. The minimum Gasteiger partial charge on any atom is -0.356 e. The summed E-state index contributed by atoms with van der Waals surface area (Å²) in [6.07, 6.45) is 3.69. The van der Waals surface area contributed by atoms with Crippen molar-refractivity contribution in [2.75, 3.05) is 7.05 Å². The summed E-state index contributed by atoms with van der Waals surface area (Å²) in [5, 5.41) is 3.85. The quantitative estimate of drug-likeness (QED) is 0.737. The number of hydrogen-bond acceptors (Lipinski definition) is 1. The third-order valence-corrected chi connectivity index (χ3v) is 3.81. The largest absolute Gasteiger partial charge is 0.356 e. The highest BCUT2D eigenvalue weighted by Crippen LogP contribution is 2.26. The number of carbonyl (C=O) groups excluding carboxylic acids is 1. The maximum atomic E-state index is 11.9. The molecule has 3 aromatic rings. The van der Waals surface area contributed by atoms with E-state index < -0.39 is 0 Å². The molecule has 3 heteroatoms. The maximum absolute atomic E-state index is 11.9. The van der Waals surface area contributed by atoms with E-state index in [1.165, 1.54) is 5.39 Å². The Kier molecular flexibility index (Phi) is 3.79. The maximum Gasteiger partial charge on any atom is 0.244 e. The number of hydrogen-bond donors (Lipinski definition) is 1. The minimum absolute atomic E-state index is 0.106. The molecule has 0 fully saturated rings. The van der Waals surface area contributed by atoms with Gasteiger partial charge in [0.25, 0.3) is 0 Å². The van der Waals surface area contributed by atoms with Crippen LogP contribution >= 0.6 is 0 Å². The van der Waals surface area contributed by atoms with Gasteiger partial charge >= 0.3 is 0 Å². The molecule has 0 bridgehead atoms. The zero-order chi connectivity index (χ0) is 15.5. The summed E-state index contributed by atoms with van der Waals surface area (Å²) in [6, 6.07) is 18.3. The molecule has 0 aliphatic carbocycles. The molecule has 3 nitrogen and oxygen atoms in total. The second-order valence-corrected chi connectivity index (χ2v) is 5.24. The number of likely N-dealkylation sites (N-methyl/N-ethyl adjacent to an activating group) is 1. The number of aromatic nitrogens is 1. The van der Waals surface area contributed by atoms with Crippen LogP contribution in [-0.2, 0) is 11.8 Å². The monoisotopic (exact) mass is 290 g/mol. The molecule has 1 heterocycles. The Bertz CT molecular complexity index is 844. The van der Waals surface area contributed by atoms with Crippen LogP contribution in [0.25, 0.3) is 16.5 Å². The van der Waals surface area contributed by atoms with Crippen LogP contribution in [0.2, 0.25) is 0 Å². The molecule has 0 radical (unpaired) electrons. The highest BCUT2D eigenvalue weighted by atomic mass is 16.1. The van der Waals surface area contributed by atoms with Crippen molar-refractivity contribution in [2.45, 2.75) is 0 Å². The zero-order valence-electron chi connectivity index (χ0n) is 12.7. The number of aryl methyl sites for hydroxylation is 1. The lowest BCUT2D eigenvalue weighted by molar-refractivity contribution is -0.116. The zero-order valence-corrected chi connectivity index (χ0v) is 12.7. The van der Waals surface area contributed by atoms with Crippen LogP contribution < -0.4 is 5.32 Å². The topological polar surface area (TPSA) is 34.0 Å². The first-order chi connectivity index (χ1) is 10.7. The molecular weight excluding hydrogens is 272 g/mol. The summed E-state index contributed by atoms with van der Waals surface area (Å²) in [6.45, 7) is 0. The number of benzene rings is 2. The van der Waals surface area contributed by atoms with E-state index in [1.54, 1.807) is 13.1 Å². The van der Waals surface area contributed by atoms with E-state index in [1.807, 2.05) is 43.6 Å². The Morgan fingerprint density at radius 1 is 1.05 bits per heavy atom. The smallest absolute Gasteiger partial charge is 0.244 e. The van der Waals surface area contributed by atoms with Gasteiger partial charge in [0.15, 0.2) is 0 Å². The summed E-state index contributed by atoms with van der Waals surface area (Å²) in [5.41, 5.74) is 4.13. The molecular formula is C19H18N2O. The molecule has 0 spiro atoms. The Morgan fingerprint density at radius 3 is 2.55 bits per heavy atom. The first-order valence-electron chi connectivity index (χ1n) is 7.23. The fourth-order valence-electron chi connectivity index (χ4n) is 2.58. The molecule has 3 rings (SSSR count). The van der Waals surface area contributed by atoms with Gasteiger partial charge in [0, 0.05) is 31.9 Å². The van der Waals surface area contributed by atoms with Crippen LogP contribution in [0.4, 0.5) is 0 Å². The normalized spacial score (nSPS) is 11.6. The Balaban J connectivity index is 2.17. The molecule has 22 heavy (non-hydrogen) atoms. The van der Waals surface area contributed by atoms with Crippen LogP contribution in [-0.4, -0.2) is 17.5 Å². The average molecular weight is 290 g/mol. The van der Waals surface area contributed by atoms with E-state index in [4.69, 9.17) is 0 Å². The van der Waals surface area contributed by atoms with Gasteiger partial charge in [0.1, 0.15) is 0 Å². The van der Waals surface area contributed by atoms with Gasteiger partial charge < -0.3 is 9.88 Å². The van der Waals surface area contributed by atoms with Crippen molar-refractivity contribution in [1.29, 1.82) is 0 Å². The lowest BCUT2D eigenvalue weighted by atomic mass is 9.96. The van der Waals surface area contributed by atoms with Crippen LogP contribution in [0, 0.1) is 0 Å². The molecule has 2 aromatic carbocycles. The van der Waals surface area contributed by atoms with Crippen molar-refractivity contribution in [2.24, 2.45) is 7.05 Å².